The molecular formula is C12H19N3O. The first-order valence-corrected chi connectivity index (χ1v) is 5.80. The van der Waals surface area contributed by atoms with Gasteiger partial charge in [-0.05, 0) is 37.8 Å². The molecule has 4 nitrogen and oxygen atoms in total. The predicted molar refractivity (Wildman–Crippen MR) is 65.4 cm³/mol. The Labute approximate surface area is 96.2 Å². The number of pyridine rings is 1. The lowest BCUT2D eigenvalue weighted by Gasteiger charge is -2.22. The number of nitrogens with zero attached hydrogens (tertiary/aromatic N) is 1. The van der Waals surface area contributed by atoms with Crippen LogP contribution in [-0.2, 0) is 4.74 Å². The van der Waals surface area contributed by atoms with Gasteiger partial charge < -0.3 is 15.8 Å². The van der Waals surface area contributed by atoms with Crippen LogP contribution in [0.2, 0.25) is 0 Å². The van der Waals surface area contributed by atoms with Crippen molar-refractivity contribution in [2.24, 2.45) is 5.92 Å². The number of nitrogen functional groups attached to an aromatic ring is 1. The highest BCUT2D eigenvalue weighted by atomic mass is 16.5. The minimum absolute atomic E-state index is 0.676. The van der Waals surface area contributed by atoms with E-state index in [1.54, 1.807) is 0 Å². The first-order valence-electron chi connectivity index (χ1n) is 5.80. The molecule has 0 atom stereocenters. The van der Waals surface area contributed by atoms with Crippen LogP contribution >= 0.6 is 0 Å². The van der Waals surface area contributed by atoms with Crippen molar-refractivity contribution in [1.29, 1.82) is 0 Å². The molecule has 1 aromatic heterocycles. The summed E-state index contributed by atoms with van der Waals surface area (Å²) >= 11 is 0. The average molecular weight is 221 g/mol. The van der Waals surface area contributed by atoms with Crippen LogP contribution in [0.1, 0.15) is 18.5 Å². The zero-order chi connectivity index (χ0) is 11.4. The highest BCUT2D eigenvalue weighted by Crippen LogP contribution is 2.19. The minimum Gasteiger partial charge on any atom is -0.396 e. The monoisotopic (exact) mass is 221 g/mol. The summed E-state index contributed by atoms with van der Waals surface area (Å²) in [6, 6.07) is 3.82. The first kappa shape index (κ1) is 11.2. The quantitative estimate of drug-likeness (QED) is 0.817. The molecule has 2 rings (SSSR count). The second-order valence-electron chi connectivity index (χ2n) is 4.33. The van der Waals surface area contributed by atoms with Gasteiger partial charge in [-0.1, -0.05) is 0 Å². The third-order valence-electron chi connectivity index (χ3n) is 2.96. The molecule has 3 N–H and O–H groups in total. The Morgan fingerprint density at radius 3 is 2.94 bits per heavy atom. The molecule has 4 heteroatoms. The van der Waals surface area contributed by atoms with E-state index in [1.165, 1.54) is 0 Å². The molecular weight excluding hydrogens is 202 g/mol. The van der Waals surface area contributed by atoms with Gasteiger partial charge in [0.1, 0.15) is 5.82 Å². The number of aryl methyl sites for hydroxylation is 1. The zero-order valence-electron chi connectivity index (χ0n) is 9.70. The Bertz CT molecular complexity index is 348. The SMILES string of the molecule is Cc1ccc(N)c(NCC2CCOCC2)n1. The van der Waals surface area contributed by atoms with Gasteiger partial charge >= 0.3 is 0 Å². The van der Waals surface area contributed by atoms with E-state index >= 15 is 0 Å². The van der Waals surface area contributed by atoms with Crippen LogP contribution in [0.3, 0.4) is 0 Å². The molecule has 1 fully saturated rings. The van der Waals surface area contributed by atoms with Gasteiger partial charge in [0, 0.05) is 25.5 Å². The van der Waals surface area contributed by atoms with Crippen LogP contribution in [-0.4, -0.2) is 24.7 Å². The number of rotatable bonds is 3. The van der Waals surface area contributed by atoms with Crippen molar-refractivity contribution in [3.05, 3.63) is 17.8 Å². The lowest BCUT2D eigenvalue weighted by Crippen LogP contribution is -2.23. The maximum atomic E-state index is 5.86. The van der Waals surface area contributed by atoms with Crippen molar-refractivity contribution in [2.45, 2.75) is 19.8 Å². The summed E-state index contributed by atoms with van der Waals surface area (Å²) in [5.41, 5.74) is 7.56. The fourth-order valence-electron chi connectivity index (χ4n) is 1.90. The lowest BCUT2D eigenvalue weighted by atomic mass is 10.0. The molecule has 0 amide bonds. The summed E-state index contributed by atoms with van der Waals surface area (Å²) in [5.74, 6) is 1.49. The Balaban J connectivity index is 1.90. The second kappa shape index (κ2) is 5.16. The highest BCUT2D eigenvalue weighted by Gasteiger charge is 2.13. The maximum Gasteiger partial charge on any atom is 0.149 e. The van der Waals surface area contributed by atoms with Gasteiger partial charge in [0.25, 0.3) is 0 Å². The van der Waals surface area contributed by atoms with E-state index < -0.39 is 0 Å². The molecule has 0 unspecified atom stereocenters. The van der Waals surface area contributed by atoms with Gasteiger partial charge in [-0.15, -0.1) is 0 Å². The van der Waals surface area contributed by atoms with Crippen molar-refractivity contribution in [3.8, 4) is 0 Å². The molecule has 0 aromatic carbocycles. The van der Waals surface area contributed by atoms with Crippen LogP contribution < -0.4 is 11.1 Å². The first-order chi connectivity index (χ1) is 7.75. The molecule has 1 aromatic rings. The van der Waals surface area contributed by atoms with Crippen LogP contribution in [0.15, 0.2) is 12.1 Å². The van der Waals surface area contributed by atoms with Gasteiger partial charge in [-0.25, -0.2) is 4.98 Å². The smallest absolute Gasteiger partial charge is 0.149 e. The molecule has 88 valence electrons. The van der Waals surface area contributed by atoms with E-state index in [9.17, 15) is 0 Å². The highest BCUT2D eigenvalue weighted by molar-refractivity contribution is 5.61. The van der Waals surface area contributed by atoms with Crippen molar-refractivity contribution < 1.29 is 4.74 Å². The number of nitrogens with two attached hydrogens (primary N) is 1. The number of anilines is 2. The lowest BCUT2D eigenvalue weighted by molar-refractivity contribution is 0.0699. The van der Waals surface area contributed by atoms with Crippen LogP contribution in [0.25, 0.3) is 0 Å². The zero-order valence-corrected chi connectivity index (χ0v) is 9.70. The van der Waals surface area contributed by atoms with E-state index in [4.69, 9.17) is 10.5 Å². The standard InChI is InChI=1S/C12H19N3O/c1-9-2-3-11(13)12(15-9)14-8-10-4-6-16-7-5-10/h2-3,10H,4-8,13H2,1H3,(H,14,15). The average Bonchev–Trinajstić information content (AvgIpc) is 2.32. The van der Waals surface area contributed by atoms with Gasteiger partial charge in [-0.3, -0.25) is 0 Å². The second-order valence-corrected chi connectivity index (χ2v) is 4.33. The minimum atomic E-state index is 0.676. The third kappa shape index (κ3) is 2.85. The Morgan fingerprint density at radius 1 is 1.44 bits per heavy atom. The Hall–Kier alpha value is -1.29. The summed E-state index contributed by atoms with van der Waals surface area (Å²) < 4.78 is 5.33. The molecule has 0 spiro atoms. The summed E-state index contributed by atoms with van der Waals surface area (Å²) in [5, 5.41) is 3.33. The van der Waals surface area contributed by atoms with Crippen molar-refractivity contribution >= 4 is 11.5 Å². The van der Waals surface area contributed by atoms with Gasteiger partial charge in [0.15, 0.2) is 0 Å². The fraction of sp³-hybridized carbons (Fsp3) is 0.583. The van der Waals surface area contributed by atoms with Crippen molar-refractivity contribution in [3.63, 3.8) is 0 Å². The topological polar surface area (TPSA) is 60.2 Å². The molecule has 0 aliphatic carbocycles. The molecule has 0 bridgehead atoms. The number of nitrogens with one attached hydrogen (secondary N) is 1. The van der Waals surface area contributed by atoms with Crippen molar-refractivity contribution in [2.75, 3.05) is 30.8 Å². The van der Waals surface area contributed by atoms with E-state index in [1.807, 2.05) is 19.1 Å². The van der Waals surface area contributed by atoms with E-state index in [0.717, 1.165) is 49.8 Å². The van der Waals surface area contributed by atoms with E-state index in [2.05, 4.69) is 10.3 Å². The molecule has 16 heavy (non-hydrogen) atoms. The number of hydrogen-bond donors (Lipinski definition) is 2. The van der Waals surface area contributed by atoms with E-state index in [-0.39, 0.29) is 0 Å². The number of ether oxygens (including phenoxy) is 1. The summed E-state index contributed by atoms with van der Waals surface area (Å²) in [7, 11) is 0. The van der Waals surface area contributed by atoms with Crippen LogP contribution in [0.4, 0.5) is 11.5 Å². The molecule has 1 saturated heterocycles. The Morgan fingerprint density at radius 2 is 2.19 bits per heavy atom. The summed E-state index contributed by atoms with van der Waals surface area (Å²) in [6.07, 6.45) is 2.25. The third-order valence-corrected chi connectivity index (χ3v) is 2.96. The van der Waals surface area contributed by atoms with Gasteiger partial charge in [0.2, 0.25) is 0 Å². The Kier molecular flexibility index (Phi) is 3.62. The molecule has 0 saturated carbocycles. The fourth-order valence-corrected chi connectivity index (χ4v) is 1.90. The number of aromatic nitrogens is 1. The normalized spacial score (nSPS) is 17.3. The predicted octanol–water partition coefficient (Wildman–Crippen LogP) is 1.81. The largest absolute Gasteiger partial charge is 0.396 e. The van der Waals surface area contributed by atoms with Crippen LogP contribution in [0.5, 0.6) is 0 Å². The molecule has 1 aliphatic rings. The summed E-state index contributed by atoms with van der Waals surface area (Å²) in [6.45, 7) is 4.66. The maximum absolute atomic E-state index is 5.86. The number of hydrogen-bond acceptors (Lipinski definition) is 4. The van der Waals surface area contributed by atoms with Gasteiger partial charge in [-0.2, -0.15) is 0 Å². The van der Waals surface area contributed by atoms with Crippen LogP contribution in [0, 0.1) is 12.8 Å². The molecule has 0 radical (unpaired) electrons. The van der Waals surface area contributed by atoms with Gasteiger partial charge in [0.05, 0.1) is 5.69 Å². The molecule has 2 heterocycles. The van der Waals surface area contributed by atoms with E-state index in [0.29, 0.717) is 5.92 Å². The molecule has 1 aliphatic heterocycles. The summed E-state index contributed by atoms with van der Waals surface area (Å²) in [4.78, 5) is 4.39. The van der Waals surface area contributed by atoms with Crippen molar-refractivity contribution in [1.82, 2.24) is 4.98 Å².